The maximum absolute atomic E-state index is 11.9. The first-order valence-corrected chi connectivity index (χ1v) is 8.27. The molecule has 0 aliphatic rings. The molecule has 0 spiro atoms. The zero-order valence-electron chi connectivity index (χ0n) is 13.4. The molecule has 8 heteroatoms. The monoisotopic (exact) mass is 356 g/mol. The number of ether oxygens (including phenoxy) is 2. The number of nitrogens with zero attached hydrogens (tertiary/aromatic N) is 2. The lowest BCUT2D eigenvalue weighted by Gasteiger charge is -2.05. The van der Waals surface area contributed by atoms with E-state index in [9.17, 15) is 4.79 Å². The van der Waals surface area contributed by atoms with Gasteiger partial charge in [-0.3, -0.25) is 5.32 Å². The van der Waals surface area contributed by atoms with Gasteiger partial charge in [-0.25, -0.2) is 4.79 Å². The van der Waals surface area contributed by atoms with E-state index in [1.165, 1.54) is 11.3 Å². The summed E-state index contributed by atoms with van der Waals surface area (Å²) < 4.78 is 10.7. The Balaban J connectivity index is 1.50. The SMILES string of the molecule is COc1ccc(OCc2nnc(NC(=O)Nc3ccccc3)s2)cc1. The summed E-state index contributed by atoms with van der Waals surface area (Å²) in [6.07, 6.45) is 0. The van der Waals surface area contributed by atoms with Crippen LogP contribution in [0.25, 0.3) is 0 Å². The number of methoxy groups -OCH3 is 1. The molecule has 0 saturated heterocycles. The molecule has 128 valence electrons. The minimum Gasteiger partial charge on any atom is -0.497 e. The van der Waals surface area contributed by atoms with Gasteiger partial charge in [-0.05, 0) is 36.4 Å². The molecule has 1 heterocycles. The highest BCUT2D eigenvalue weighted by Gasteiger charge is 2.09. The summed E-state index contributed by atoms with van der Waals surface area (Å²) in [6, 6.07) is 16.0. The van der Waals surface area contributed by atoms with Gasteiger partial charge in [0.05, 0.1) is 7.11 Å². The van der Waals surface area contributed by atoms with E-state index in [1.54, 1.807) is 19.2 Å². The lowest BCUT2D eigenvalue weighted by atomic mass is 10.3. The molecule has 0 aliphatic carbocycles. The first-order chi connectivity index (χ1) is 12.2. The number of aromatic nitrogens is 2. The van der Waals surface area contributed by atoms with E-state index < -0.39 is 0 Å². The third-order valence-electron chi connectivity index (χ3n) is 3.14. The van der Waals surface area contributed by atoms with Crippen LogP contribution in [0.1, 0.15) is 5.01 Å². The second-order valence-electron chi connectivity index (χ2n) is 4.91. The number of hydrogen-bond donors (Lipinski definition) is 2. The Kier molecular flexibility index (Phi) is 5.43. The van der Waals surface area contributed by atoms with Crippen LogP contribution in [0, 0.1) is 0 Å². The molecule has 1 aromatic heterocycles. The summed E-state index contributed by atoms with van der Waals surface area (Å²) in [6.45, 7) is 0.270. The average Bonchev–Trinajstić information content (AvgIpc) is 3.08. The predicted octanol–water partition coefficient (Wildman–Crippen LogP) is 3.77. The molecule has 25 heavy (non-hydrogen) atoms. The van der Waals surface area contributed by atoms with E-state index in [4.69, 9.17) is 9.47 Å². The van der Waals surface area contributed by atoms with Gasteiger partial charge in [0.15, 0.2) is 5.01 Å². The highest BCUT2D eigenvalue weighted by Crippen LogP contribution is 2.20. The molecule has 0 fully saturated rings. The van der Waals surface area contributed by atoms with Crippen molar-refractivity contribution in [2.75, 3.05) is 17.7 Å². The summed E-state index contributed by atoms with van der Waals surface area (Å²) in [4.78, 5) is 11.9. The Morgan fingerprint density at radius 3 is 2.44 bits per heavy atom. The van der Waals surface area contributed by atoms with Crippen LogP contribution in [0.5, 0.6) is 11.5 Å². The molecule has 7 nitrogen and oxygen atoms in total. The van der Waals surface area contributed by atoms with Crippen molar-refractivity contribution in [2.45, 2.75) is 6.61 Å². The van der Waals surface area contributed by atoms with Crippen LogP contribution in [0.3, 0.4) is 0 Å². The van der Waals surface area contributed by atoms with Crippen molar-refractivity contribution in [1.82, 2.24) is 10.2 Å². The first-order valence-electron chi connectivity index (χ1n) is 7.45. The molecule has 2 aromatic carbocycles. The Morgan fingerprint density at radius 1 is 1.00 bits per heavy atom. The van der Waals surface area contributed by atoms with Crippen molar-refractivity contribution in [3.63, 3.8) is 0 Å². The minimum absolute atomic E-state index is 0.270. The van der Waals surface area contributed by atoms with Gasteiger partial charge in [0.1, 0.15) is 18.1 Å². The standard InChI is InChI=1S/C17H16N4O3S/c1-23-13-7-9-14(10-8-13)24-11-15-20-21-17(25-15)19-16(22)18-12-5-3-2-4-6-12/h2-10H,11H2,1H3,(H2,18,19,21,22). The van der Waals surface area contributed by atoms with Gasteiger partial charge < -0.3 is 14.8 Å². The zero-order valence-corrected chi connectivity index (χ0v) is 14.2. The molecule has 3 rings (SSSR count). The van der Waals surface area contributed by atoms with E-state index >= 15 is 0 Å². The van der Waals surface area contributed by atoms with Crippen molar-refractivity contribution < 1.29 is 14.3 Å². The van der Waals surface area contributed by atoms with Crippen molar-refractivity contribution in [1.29, 1.82) is 0 Å². The largest absolute Gasteiger partial charge is 0.497 e. The lowest BCUT2D eigenvalue weighted by Crippen LogP contribution is -2.19. The quantitative estimate of drug-likeness (QED) is 0.702. The number of benzene rings is 2. The number of carbonyl (C=O) groups is 1. The highest BCUT2D eigenvalue weighted by molar-refractivity contribution is 7.15. The van der Waals surface area contributed by atoms with E-state index in [0.29, 0.717) is 21.6 Å². The molecule has 0 radical (unpaired) electrons. The van der Waals surface area contributed by atoms with Gasteiger partial charge in [-0.15, -0.1) is 10.2 Å². The molecule has 0 aliphatic heterocycles. The van der Waals surface area contributed by atoms with Gasteiger partial charge in [-0.2, -0.15) is 0 Å². The summed E-state index contributed by atoms with van der Waals surface area (Å²) in [5.74, 6) is 1.46. The van der Waals surface area contributed by atoms with Gasteiger partial charge in [0.25, 0.3) is 0 Å². The Morgan fingerprint density at radius 2 is 1.72 bits per heavy atom. The van der Waals surface area contributed by atoms with Crippen LogP contribution in [-0.2, 0) is 6.61 Å². The van der Waals surface area contributed by atoms with E-state index in [0.717, 1.165) is 5.75 Å². The summed E-state index contributed by atoms with van der Waals surface area (Å²) in [5, 5.41) is 14.4. The lowest BCUT2D eigenvalue weighted by molar-refractivity contribution is 0.262. The Hall–Kier alpha value is -3.13. The molecule has 2 amide bonds. The van der Waals surface area contributed by atoms with Crippen LogP contribution < -0.4 is 20.1 Å². The number of rotatable bonds is 6. The molecule has 0 bridgehead atoms. The van der Waals surface area contributed by atoms with Gasteiger partial charge in [0, 0.05) is 5.69 Å². The number of urea groups is 1. The van der Waals surface area contributed by atoms with Crippen LogP contribution in [0.2, 0.25) is 0 Å². The van der Waals surface area contributed by atoms with E-state index in [2.05, 4.69) is 20.8 Å². The number of para-hydroxylation sites is 1. The van der Waals surface area contributed by atoms with Crippen LogP contribution in [-0.4, -0.2) is 23.3 Å². The Bertz CT molecular complexity index is 821. The molecule has 0 saturated carbocycles. The zero-order chi connectivity index (χ0) is 17.5. The van der Waals surface area contributed by atoms with Crippen LogP contribution in [0.4, 0.5) is 15.6 Å². The molecule has 0 atom stereocenters. The molecular weight excluding hydrogens is 340 g/mol. The second-order valence-corrected chi connectivity index (χ2v) is 5.97. The summed E-state index contributed by atoms with van der Waals surface area (Å²) in [5.41, 5.74) is 0.701. The van der Waals surface area contributed by atoms with Gasteiger partial charge in [0.2, 0.25) is 5.13 Å². The number of hydrogen-bond acceptors (Lipinski definition) is 6. The maximum Gasteiger partial charge on any atom is 0.325 e. The maximum atomic E-state index is 11.9. The fraction of sp³-hybridized carbons (Fsp3) is 0.118. The number of nitrogens with one attached hydrogen (secondary N) is 2. The fourth-order valence-electron chi connectivity index (χ4n) is 1.96. The van der Waals surface area contributed by atoms with Crippen LogP contribution >= 0.6 is 11.3 Å². The van der Waals surface area contributed by atoms with E-state index in [-0.39, 0.29) is 12.6 Å². The third kappa shape index (κ3) is 4.92. The van der Waals surface area contributed by atoms with Crippen molar-refractivity contribution in [3.8, 4) is 11.5 Å². The summed E-state index contributed by atoms with van der Waals surface area (Å²) >= 11 is 1.25. The normalized spacial score (nSPS) is 10.1. The number of carbonyl (C=O) groups excluding carboxylic acids is 1. The number of amides is 2. The van der Waals surface area contributed by atoms with Gasteiger partial charge in [-0.1, -0.05) is 29.5 Å². The van der Waals surface area contributed by atoms with E-state index in [1.807, 2.05) is 42.5 Å². The smallest absolute Gasteiger partial charge is 0.325 e. The number of anilines is 2. The van der Waals surface area contributed by atoms with Gasteiger partial charge >= 0.3 is 6.03 Å². The fourth-order valence-corrected chi connectivity index (χ4v) is 2.61. The molecular formula is C17H16N4O3S. The van der Waals surface area contributed by atoms with Crippen molar-refractivity contribution >= 4 is 28.2 Å². The first kappa shape index (κ1) is 16.7. The Labute approximate surface area is 148 Å². The molecule has 3 aromatic rings. The van der Waals surface area contributed by atoms with Crippen molar-refractivity contribution in [3.05, 3.63) is 59.6 Å². The molecule has 0 unspecified atom stereocenters. The highest BCUT2D eigenvalue weighted by atomic mass is 32.1. The molecule has 2 N–H and O–H groups in total. The predicted molar refractivity (Wildman–Crippen MR) is 96.3 cm³/mol. The summed E-state index contributed by atoms with van der Waals surface area (Å²) in [7, 11) is 1.61. The minimum atomic E-state index is -0.370. The average molecular weight is 356 g/mol. The topological polar surface area (TPSA) is 85.4 Å². The third-order valence-corrected chi connectivity index (χ3v) is 3.95. The van der Waals surface area contributed by atoms with Crippen molar-refractivity contribution in [2.24, 2.45) is 0 Å². The van der Waals surface area contributed by atoms with Crippen LogP contribution in [0.15, 0.2) is 54.6 Å². The second kappa shape index (κ2) is 8.11.